The summed E-state index contributed by atoms with van der Waals surface area (Å²) in [5, 5.41) is 0. The summed E-state index contributed by atoms with van der Waals surface area (Å²) in [6.07, 6.45) is 1.71. The third kappa shape index (κ3) is 3.02. The first-order valence-corrected chi connectivity index (χ1v) is 6.89. The number of ether oxygens (including phenoxy) is 1. The molecule has 2 atom stereocenters. The molecule has 0 radical (unpaired) electrons. The lowest BCUT2D eigenvalue weighted by Crippen LogP contribution is -2.47. The maximum Gasteiger partial charge on any atom is 0.117 e. The zero-order valence-electron chi connectivity index (χ0n) is 12.6. The molecule has 0 saturated carbocycles. The van der Waals surface area contributed by atoms with Gasteiger partial charge >= 0.3 is 0 Å². The molecule has 0 bridgehead atoms. The predicted octanol–water partition coefficient (Wildman–Crippen LogP) is 2.24. The average molecular weight is 266 g/mol. The number of nitrogens with zero attached hydrogens (tertiary/aromatic N) is 1. The van der Waals surface area contributed by atoms with Crippen LogP contribution >= 0.6 is 0 Å². The Balaban J connectivity index is 2.01. The molecule has 2 heterocycles. The Morgan fingerprint density at radius 1 is 1.26 bits per heavy atom. The van der Waals surface area contributed by atoms with Gasteiger partial charge in [0, 0.05) is 18.5 Å². The Morgan fingerprint density at radius 2 is 1.95 bits per heavy atom. The van der Waals surface area contributed by atoms with E-state index in [1.807, 2.05) is 12.1 Å². The molecular formula is C15H26N2O2. The van der Waals surface area contributed by atoms with E-state index in [2.05, 4.69) is 39.6 Å². The summed E-state index contributed by atoms with van der Waals surface area (Å²) in [5.74, 6) is 1.29. The van der Waals surface area contributed by atoms with Gasteiger partial charge in [0.1, 0.15) is 5.76 Å². The maximum atomic E-state index is 6.38. The SMILES string of the molecule is CN(Cc1ccco1)CC1C(N)C(C)(C)OC1(C)C. The van der Waals surface area contributed by atoms with Crippen LogP contribution in [0.15, 0.2) is 22.8 Å². The Morgan fingerprint density at radius 3 is 2.42 bits per heavy atom. The molecule has 1 aromatic rings. The maximum absolute atomic E-state index is 6.38. The van der Waals surface area contributed by atoms with Crippen molar-refractivity contribution in [2.45, 2.75) is 51.5 Å². The predicted molar refractivity (Wildman–Crippen MR) is 75.8 cm³/mol. The van der Waals surface area contributed by atoms with Gasteiger partial charge in [0.2, 0.25) is 0 Å². The number of rotatable bonds is 4. The van der Waals surface area contributed by atoms with E-state index in [9.17, 15) is 0 Å². The normalized spacial score (nSPS) is 29.0. The van der Waals surface area contributed by atoms with Crippen molar-refractivity contribution < 1.29 is 9.15 Å². The number of furan rings is 1. The van der Waals surface area contributed by atoms with Crippen molar-refractivity contribution in [1.29, 1.82) is 0 Å². The van der Waals surface area contributed by atoms with E-state index >= 15 is 0 Å². The lowest BCUT2D eigenvalue weighted by atomic mass is 9.83. The standard InChI is InChI=1S/C15H26N2O2/c1-14(2)12(13(16)15(3,4)19-14)10-17(5)9-11-7-6-8-18-11/h6-8,12-13H,9-10,16H2,1-5H3. The average Bonchev–Trinajstić information content (AvgIpc) is 2.80. The van der Waals surface area contributed by atoms with Crippen LogP contribution in [0, 0.1) is 5.92 Å². The quantitative estimate of drug-likeness (QED) is 0.908. The van der Waals surface area contributed by atoms with Crippen LogP contribution in [0.3, 0.4) is 0 Å². The minimum absolute atomic E-state index is 0.0431. The van der Waals surface area contributed by atoms with Crippen molar-refractivity contribution in [3.63, 3.8) is 0 Å². The molecule has 4 heteroatoms. The second kappa shape index (κ2) is 4.93. The third-order valence-corrected chi connectivity index (χ3v) is 4.17. The summed E-state index contributed by atoms with van der Waals surface area (Å²) in [4.78, 5) is 2.25. The first kappa shape index (κ1) is 14.6. The Bertz CT molecular complexity index is 412. The van der Waals surface area contributed by atoms with Crippen LogP contribution in [0.1, 0.15) is 33.5 Å². The highest BCUT2D eigenvalue weighted by molar-refractivity contribution is 5.05. The van der Waals surface area contributed by atoms with Crippen LogP contribution in [-0.2, 0) is 11.3 Å². The monoisotopic (exact) mass is 266 g/mol. The molecule has 1 fully saturated rings. The van der Waals surface area contributed by atoms with Crippen molar-refractivity contribution in [2.24, 2.45) is 11.7 Å². The zero-order chi connectivity index (χ0) is 14.3. The van der Waals surface area contributed by atoms with Crippen molar-refractivity contribution in [1.82, 2.24) is 4.90 Å². The molecule has 1 aromatic heterocycles. The van der Waals surface area contributed by atoms with Crippen LogP contribution in [0.4, 0.5) is 0 Å². The van der Waals surface area contributed by atoms with Gasteiger partial charge in [0.15, 0.2) is 0 Å². The Labute approximate surface area is 115 Å². The molecule has 19 heavy (non-hydrogen) atoms. The van der Waals surface area contributed by atoms with Gasteiger partial charge in [-0.2, -0.15) is 0 Å². The van der Waals surface area contributed by atoms with Crippen LogP contribution in [0.2, 0.25) is 0 Å². The summed E-state index contributed by atoms with van der Waals surface area (Å²) in [6, 6.07) is 3.96. The molecule has 4 nitrogen and oxygen atoms in total. The van der Waals surface area contributed by atoms with Gasteiger partial charge in [-0.1, -0.05) is 0 Å². The summed E-state index contributed by atoms with van der Waals surface area (Å²) in [5.41, 5.74) is 5.92. The molecule has 1 saturated heterocycles. The lowest BCUT2D eigenvalue weighted by Gasteiger charge is -2.31. The first-order valence-electron chi connectivity index (χ1n) is 6.89. The molecule has 0 aliphatic carbocycles. The molecule has 2 rings (SSSR count). The van der Waals surface area contributed by atoms with E-state index in [0.717, 1.165) is 18.8 Å². The molecule has 0 aromatic carbocycles. The molecule has 1 aliphatic heterocycles. The van der Waals surface area contributed by atoms with E-state index in [1.54, 1.807) is 6.26 Å². The van der Waals surface area contributed by atoms with Crippen molar-refractivity contribution in [3.8, 4) is 0 Å². The second-order valence-corrected chi connectivity index (χ2v) is 6.72. The van der Waals surface area contributed by atoms with Gasteiger partial charge < -0.3 is 14.9 Å². The van der Waals surface area contributed by atoms with E-state index in [0.29, 0.717) is 5.92 Å². The van der Waals surface area contributed by atoms with Crippen molar-refractivity contribution in [3.05, 3.63) is 24.2 Å². The van der Waals surface area contributed by atoms with Gasteiger partial charge in [0.25, 0.3) is 0 Å². The van der Waals surface area contributed by atoms with Gasteiger partial charge in [-0.3, -0.25) is 4.90 Å². The summed E-state index contributed by atoms with van der Waals surface area (Å²) in [7, 11) is 2.09. The topological polar surface area (TPSA) is 51.6 Å². The second-order valence-electron chi connectivity index (χ2n) is 6.72. The fraction of sp³-hybridized carbons (Fsp3) is 0.733. The highest BCUT2D eigenvalue weighted by Gasteiger charge is 2.52. The molecule has 0 amide bonds. The van der Waals surface area contributed by atoms with Crippen LogP contribution < -0.4 is 5.73 Å². The molecule has 1 aliphatic rings. The Hall–Kier alpha value is -0.840. The van der Waals surface area contributed by atoms with E-state index < -0.39 is 0 Å². The third-order valence-electron chi connectivity index (χ3n) is 4.17. The number of hydrogen-bond acceptors (Lipinski definition) is 4. The fourth-order valence-corrected chi connectivity index (χ4v) is 3.14. The van der Waals surface area contributed by atoms with E-state index in [1.165, 1.54) is 0 Å². The van der Waals surface area contributed by atoms with Crippen molar-refractivity contribution in [2.75, 3.05) is 13.6 Å². The van der Waals surface area contributed by atoms with Gasteiger partial charge in [-0.25, -0.2) is 0 Å². The highest BCUT2D eigenvalue weighted by atomic mass is 16.5. The van der Waals surface area contributed by atoms with E-state index in [4.69, 9.17) is 14.9 Å². The lowest BCUT2D eigenvalue weighted by molar-refractivity contribution is -0.0782. The van der Waals surface area contributed by atoms with Crippen LogP contribution in [0.25, 0.3) is 0 Å². The molecule has 2 unspecified atom stereocenters. The van der Waals surface area contributed by atoms with E-state index in [-0.39, 0.29) is 17.2 Å². The summed E-state index contributed by atoms with van der Waals surface area (Å²) in [6.45, 7) is 10.1. The minimum Gasteiger partial charge on any atom is -0.468 e. The summed E-state index contributed by atoms with van der Waals surface area (Å²) >= 11 is 0. The zero-order valence-corrected chi connectivity index (χ0v) is 12.6. The van der Waals surface area contributed by atoms with Gasteiger partial charge in [-0.05, 0) is 46.9 Å². The van der Waals surface area contributed by atoms with Crippen LogP contribution in [0.5, 0.6) is 0 Å². The smallest absolute Gasteiger partial charge is 0.117 e. The minimum atomic E-state index is -0.264. The van der Waals surface area contributed by atoms with Gasteiger partial charge in [0.05, 0.1) is 24.0 Å². The van der Waals surface area contributed by atoms with Gasteiger partial charge in [-0.15, -0.1) is 0 Å². The summed E-state index contributed by atoms with van der Waals surface area (Å²) < 4.78 is 11.5. The molecule has 0 spiro atoms. The number of nitrogens with two attached hydrogens (primary N) is 1. The highest BCUT2D eigenvalue weighted by Crippen LogP contribution is 2.41. The molecule has 2 N–H and O–H groups in total. The van der Waals surface area contributed by atoms with Crippen molar-refractivity contribution >= 4 is 0 Å². The Kier molecular flexibility index (Phi) is 3.78. The number of hydrogen-bond donors (Lipinski definition) is 1. The molecule has 108 valence electrons. The van der Waals surface area contributed by atoms with Crippen LogP contribution in [-0.4, -0.2) is 35.7 Å². The fourth-order valence-electron chi connectivity index (χ4n) is 3.14. The first-order chi connectivity index (χ1) is 8.72. The molecular weight excluding hydrogens is 240 g/mol. The largest absolute Gasteiger partial charge is 0.468 e.